The highest BCUT2D eigenvalue weighted by atomic mass is 19.1. The lowest BCUT2D eigenvalue weighted by molar-refractivity contribution is 0.623. The summed E-state index contributed by atoms with van der Waals surface area (Å²) < 4.78 is 13.5. The van der Waals surface area contributed by atoms with Crippen LogP contribution in [0.25, 0.3) is 0 Å². The van der Waals surface area contributed by atoms with Gasteiger partial charge in [0.1, 0.15) is 5.82 Å². The first-order valence-corrected chi connectivity index (χ1v) is 4.38. The number of halogens is 1. The molecule has 0 atom stereocenters. The number of nitrogens with zero attached hydrogens (tertiary/aromatic N) is 1. The summed E-state index contributed by atoms with van der Waals surface area (Å²) in [5.41, 5.74) is 3.91. The normalized spacial score (nSPS) is 10.3. The largest absolute Gasteiger partial charge is 0.375 e. The Labute approximate surface area is 79.2 Å². The first kappa shape index (κ1) is 10.0. The predicted octanol–water partition coefficient (Wildman–Crippen LogP) is 2.82. The number of hydrogen-bond donors (Lipinski definition) is 0. The van der Waals surface area contributed by atoms with Gasteiger partial charge in [-0.05, 0) is 43.5 Å². The predicted molar refractivity (Wildman–Crippen MR) is 54.9 cm³/mol. The molecule has 0 spiro atoms. The van der Waals surface area contributed by atoms with Crippen LogP contribution in [0.1, 0.15) is 16.7 Å². The molecule has 0 aliphatic heterocycles. The van der Waals surface area contributed by atoms with Crippen molar-refractivity contribution >= 4 is 5.69 Å². The fourth-order valence-corrected chi connectivity index (χ4v) is 1.57. The van der Waals surface area contributed by atoms with Crippen molar-refractivity contribution in [2.75, 3.05) is 19.0 Å². The van der Waals surface area contributed by atoms with E-state index < -0.39 is 0 Å². The minimum absolute atomic E-state index is 0.134. The van der Waals surface area contributed by atoms with Crippen molar-refractivity contribution in [3.63, 3.8) is 0 Å². The smallest absolute Gasteiger partial charge is 0.147 e. The van der Waals surface area contributed by atoms with Gasteiger partial charge in [0.25, 0.3) is 0 Å². The molecule has 1 nitrogen and oxygen atoms in total. The lowest BCUT2D eigenvalue weighted by Gasteiger charge is -2.19. The maximum atomic E-state index is 13.5. The summed E-state index contributed by atoms with van der Waals surface area (Å²) in [5, 5.41) is 0. The number of benzene rings is 1. The van der Waals surface area contributed by atoms with E-state index in [-0.39, 0.29) is 5.82 Å². The van der Waals surface area contributed by atoms with Crippen LogP contribution in [0.5, 0.6) is 0 Å². The third-order valence-electron chi connectivity index (χ3n) is 2.53. The topological polar surface area (TPSA) is 3.24 Å². The molecular formula is C11H16FN. The Balaban J connectivity index is 3.44. The number of aryl methyl sites for hydroxylation is 1. The van der Waals surface area contributed by atoms with Crippen molar-refractivity contribution in [3.8, 4) is 0 Å². The van der Waals surface area contributed by atoms with E-state index in [9.17, 15) is 4.39 Å². The fraction of sp³-hybridized carbons (Fsp3) is 0.455. The highest BCUT2D eigenvalue weighted by molar-refractivity contribution is 5.58. The Hall–Kier alpha value is -1.05. The highest BCUT2D eigenvalue weighted by Gasteiger charge is 2.11. The Morgan fingerprint density at radius 3 is 2.08 bits per heavy atom. The molecule has 1 rings (SSSR count). The van der Waals surface area contributed by atoms with Gasteiger partial charge in [0.15, 0.2) is 0 Å². The van der Waals surface area contributed by atoms with Gasteiger partial charge in [0.2, 0.25) is 0 Å². The average molecular weight is 181 g/mol. The first-order valence-electron chi connectivity index (χ1n) is 4.38. The van der Waals surface area contributed by atoms with Crippen molar-refractivity contribution in [1.82, 2.24) is 0 Å². The van der Waals surface area contributed by atoms with Crippen molar-refractivity contribution in [1.29, 1.82) is 0 Å². The van der Waals surface area contributed by atoms with Gasteiger partial charge in [-0.15, -0.1) is 0 Å². The van der Waals surface area contributed by atoms with Gasteiger partial charge in [-0.2, -0.15) is 0 Å². The van der Waals surface area contributed by atoms with E-state index in [1.54, 1.807) is 6.07 Å². The molecule has 13 heavy (non-hydrogen) atoms. The van der Waals surface area contributed by atoms with Crippen LogP contribution in [0.15, 0.2) is 6.07 Å². The number of anilines is 1. The van der Waals surface area contributed by atoms with Gasteiger partial charge < -0.3 is 4.90 Å². The van der Waals surface area contributed by atoms with E-state index in [2.05, 4.69) is 0 Å². The van der Waals surface area contributed by atoms with E-state index in [4.69, 9.17) is 0 Å². The molecule has 0 N–H and O–H groups in total. The number of rotatable bonds is 1. The van der Waals surface area contributed by atoms with Crippen LogP contribution in [-0.2, 0) is 0 Å². The van der Waals surface area contributed by atoms with Crippen molar-refractivity contribution in [2.24, 2.45) is 0 Å². The zero-order valence-corrected chi connectivity index (χ0v) is 8.90. The molecule has 0 saturated heterocycles. The molecule has 0 saturated carbocycles. The Morgan fingerprint density at radius 2 is 1.62 bits per heavy atom. The minimum Gasteiger partial charge on any atom is -0.375 e. The van der Waals surface area contributed by atoms with Gasteiger partial charge >= 0.3 is 0 Å². The molecule has 0 aliphatic rings. The van der Waals surface area contributed by atoms with Crippen LogP contribution in [0.4, 0.5) is 10.1 Å². The molecule has 0 bridgehead atoms. The summed E-state index contributed by atoms with van der Waals surface area (Å²) in [4.78, 5) is 1.82. The standard InChI is InChI=1S/C11H16FN/c1-7-6-10(12)11(13(4)5)9(3)8(7)2/h6H,1-5H3. The zero-order valence-electron chi connectivity index (χ0n) is 8.90. The summed E-state index contributed by atoms with van der Waals surface area (Å²) in [6.07, 6.45) is 0. The molecule has 0 unspecified atom stereocenters. The van der Waals surface area contributed by atoms with E-state index in [1.807, 2.05) is 39.8 Å². The molecule has 1 aromatic rings. The van der Waals surface area contributed by atoms with Crippen LogP contribution >= 0.6 is 0 Å². The van der Waals surface area contributed by atoms with E-state index in [0.717, 1.165) is 11.1 Å². The molecule has 0 aliphatic carbocycles. The van der Waals surface area contributed by atoms with Crippen LogP contribution in [0.2, 0.25) is 0 Å². The maximum absolute atomic E-state index is 13.5. The second-order valence-electron chi connectivity index (χ2n) is 3.67. The van der Waals surface area contributed by atoms with E-state index in [1.165, 1.54) is 5.56 Å². The second kappa shape index (κ2) is 3.36. The Morgan fingerprint density at radius 1 is 1.08 bits per heavy atom. The third-order valence-corrected chi connectivity index (χ3v) is 2.53. The summed E-state index contributed by atoms with van der Waals surface area (Å²) in [7, 11) is 3.72. The molecule has 0 heterocycles. The summed E-state index contributed by atoms with van der Waals surface area (Å²) >= 11 is 0. The van der Waals surface area contributed by atoms with Gasteiger partial charge in [-0.1, -0.05) is 0 Å². The van der Waals surface area contributed by atoms with E-state index in [0.29, 0.717) is 5.69 Å². The molecule has 2 heteroatoms. The molecule has 0 amide bonds. The maximum Gasteiger partial charge on any atom is 0.147 e. The Kier molecular flexibility index (Phi) is 2.60. The second-order valence-corrected chi connectivity index (χ2v) is 3.67. The van der Waals surface area contributed by atoms with Gasteiger partial charge in [0.05, 0.1) is 5.69 Å². The zero-order chi connectivity index (χ0) is 10.2. The first-order chi connectivity index (χ1) is 5.95. The highest BCUT2D eigenvalue weighted by Crippen LogP contribution is 2.27. The lowest BCUT2D eigenvalue weighted by Crippen LogP contribution is -2.13. The SMILES string of the molecule is Cc1cc(F)c(N(C)C)c(C)c1C. The summed E-state index contributed by atoms with van der Waals surface area (Å²) in [6, 6.07) is 1.59. The van der Waals surface area contributed by atoms with Crippen LogP contribution in [-0.4, -0.2) is 14.1 Å². The van der Waals surface area contributed by atoms with Crippen molar-refractivity contribution in [3.05, 3.63) is 28.6 Å². The minimum atomic E-state index is -0.134. The van der Waals surface area contributed by atoms with Gasteiger partial charge in [-0.3, -0.25) is 0 Å². The molecule has 72 valence electrons. The number of hydrogen-bond acceptors (Lipinski definition) is 1. The van der Waals surface area contributed by atoms with Gasteiger partial charge in [0, 0.05) is 14.1 Å². The third kappa shape index (κ3) is 1.67. The Bertz CT molecular complexity index is 329. The molecular weight excluding hydrogens is 165 g/mol. The van der Waals surface area contributed by atoms with Crippen molar-refractivity contribution < 1.29 is 4.39 Å². The van der Waals surface area contributed by atoms with Gasteiger partial charge in [-0.25, -0.2) is 4.39 Å². The van der Waals surface area contributed by atoms with Crippen LogP contribution in [0, 0.1) is 26.6 Å². The van der Waals surface area contributed by atoms with Crippen LogP contribution in [0.3, 0.4) is 0 Å². The average Bonchev–Trinajstić information content (AvgIpc) is 1.99. The molecule has 0 radical (unpaired) electrons. The quantitative estimate of drug-likeness (QED) is 0.644. The molecule has 0 aromatic heterocycles. The van der Waals surface area contributed by atoms with Crippen molar-refractivity contribution in [2.45, 2.75) is 20.8 Å². The summed E-state index contributed by atoms with van der Waals surface area (Å²) in [5.74, 6) is -0.134. The monoisotopic (exact) mass is 181 g/mol. The fourth-order valence-electron chi connectivity index (χ4n) is 1.57. The van der Waals surface area contributed by atoms with Crippen LogP contribution < -0.4 is 4.90 Å². The summed E-state index contributed by atoms with van der Waals surface area (Å²) in [6.45, 7) is 5.92. The molecule has 0 fully saturated rings. The molecule has 1 aromatic carbocycles. The van der Waals surface area contributed by atoms with E-state index >= 15 is 0 Å². The lowest BCUT2D eigenvalue weighted by atomic mass is 10.0.